The molecule has 0 amide bonds. The molecule has 0 radical (unpaired) electrons. The molecule has 0 saturated heterocycles. The van der Waals surface area contributed by atoms with Gasteiger partial charge in [0.25, 0.3) is 0 Å². The maximum absolute atomic E-state index is 5.54. The second kappa shape index (κ2) is 6.11. The Morgan fingerprint density at radius 2 is 1.90 bits per heavy atom. The summed E-state index contributed by atoms with van der Waals surface area (Å²) in [5.74, 6) is 0.898. The maximum Gasteiger partial charge on any atom is 0.123 e. The number of rotatable bonds is 3. The van der Waals surface area contributed by atoms with E-state index in [1.807, 2.05) is 0 Å². The van der Waals surface area contributed by atoms with Crippen molar-refractivity contribution in [2.75, 3.05) is 7.11 Å². The van der Waals surface area contributed by atoms with Crippen molar-refractivity contribution in [3.05, 3.63) is 62.6 Å². The molecular weight excluding hydrogens is 396 g/mol. The molecular formula is C17H16Br2O2. The largest absolute Gasteiger partial charge is 0.496 e. The van der Waals surface area contributed by atoms with Gasteiger partial charge in [0.2, 0.25) is 0 Å². The van der Waals surface area contributed by atoms with Crippen LogP contribution in [-0.2, 0) is 18.0 Å². The molecule has 1 unspecified atom stereocenters. The highest BCUT2D eigenvalue weighted by Crippen LogP contribution is 2.40. The van der Waals surface area contributed by atoms with Crippen LogP contribution in [0.4, 0.5) is 0 Å². The number of aryl methyl sites for hydroxylation is 1. The Morgan fingerprint density at radius 3 is 2.67 bits per heavy atom. The lowest BCUT2D eigenvalue weighted by molar-refractivity contribution is 0.134. The average molecular weight is 412 g/mol. The lowest BCUT2D eigenvalue weighted by Crippen LogP contribution is -1.99. The van der Waals surface area contributed by atoms with Gasteiger partial charge in [-0.1, -0.05) is 50.1 Å². The summed E-state index contributed by atoms with van der Waals surface area (Å²) < 4.78 is 12.1. The van der Waals surface area contributed by atoms with Crippen LogP contribution in [0.3, 0.4) is 0 Å². The monoisotopic (exact) mass is 410 g/mol. The number of fused-ring (bicyclic) bond motifs is 1. The SMILES string of the molecule is COc1cc(C)c(Br)cc1C(Br)c1ccc2c(c1)COC2. The van der Waals surface area contributed by atoms with Crippen molar-refractivity contribution in [3.8, 4) is 5.75 Å². The van der Waals surface area contributed by atoms with E-state index in [0.29, 0.717) is 6.61 Å². The molecule has 0 aliphatic carbocycles. The Morgan fingerprint density at radius 1 is 1.14 bits per heavy atom. The third-order valence-electron chi connectivity index (χ3n) is 3.82. The van der Waals surface area contributed by atoms with Gasteiger partial charge in [0.15, 0.2) is 0 Å². The van der Waals surface area contributed by atoms with Gasteiger partial charge in [-0.2, -0.15) is 0 Å². The summed E-state index contributed by atoms with van der Waals surface area (Å²) >= 11 is 7.41. The molecule has 4 heteroatoms. The van der Waals surface area contributed by atoms with Crippen LogP contribution < -0.4 is 4.74 Å². The zero-order valence-corrected chi connectivity index (χ0v) is 15.1. The van der Waals surface area contributed by atoms with E-state index in [4.69, 9.17) is 9.47 Å². The quantitative estimate of drug-likeness (QED) is 0.639. The minimum atomic E-state index is 0.0928. The first kappa shape index (κ1) is 15.1. The van der Waals surface area contributed by atoms with Crippen LogP contribution in [0.25, 0.3) is 0 Å². The Bertz CT molecular complexity index is 683. The van der Waals surface area contributed by atoms with E-state index in [2.05, 4.69) is 69.1 Å². The highest BCUT2D eigenvalue weighted by Gasteiger charge is 2.19. The van der Waals surface area contributed by atoms with E-state index >= 15 is 0 Å². The minimum absolute atomic E-state index is 0.0928. The summed E-state index contributed by atoms with van der Waals surface area (Å²) in [4.78, 5) is 0.0928. The molecule has 1 heterocycles. The van der Waals surface area contributed by atoms with E-state index in [-0.39, 0.29) is 4.83 Å². The molecule has 1 aliphatic rings. The lowest BCUT2D eigenvalue weighted by atomic mass is 9.99. The molecule has 1 aliphatic heterocycles. The number of alkyl halides is 1. The van der Waals surface area contributed by atoms with Gasteiger partial charge >= 0.3 is 0 Å². The predicted molar refractivity (Wildman–Crippen MR) is 91.1 cm³/mol. The molecule has 21 heavy (non-hydrogen) atoms. The second-order valence-electron chi connectivity index (χ2n) is 5.23. The number of halogens is 2. The molecule has 3 rings (SSSR count). The summed E-state index contributed by atoms with van der Waals surface area (Å²) in [6, 6.07) is 10.7. The van der Waals surface area contributed by atoms with Crippen molar-refractivity contribution < 1.29 is 9.47 Å². The van der Waals surface area contributed by atoms with Crippen molar-refractivity contribution in [1.29, 1.82) is 0 Å². The topological polar surface area (TPSA) is 18.5 Å². The van der Waals surface area contributed by atoms with E-state index in [0.717, 1.165) is 28.0 Å². The Kier molecular flexibility index (Phi) is 4.38. The zero-order valence-electron chi connectivity index (χ0n) is 12.0. The predicted octanol–water partition coefficient (Wildman–Crippen LogP) is 5.28. The molecule has 1 atom stereocenters. The fourth-order valence-electron chi connectivity index (χ4n) is 2.57. The Labute approximate surface area is 141 Å². The van der Waals surface area contributed by atoms with Gasteiger partial charge in [-0.3, -0.25) is 0 Å². The smallest absolute Gasteiger partial charge is 0.123 e. The van der Waals surface area contributed by atoms with E-state index in [1.165, 1.54) is 16.7 Å². The molecule has 0 bridgehead atoms. The van der Waals surface area contributed by atoms with Gasteiger partial charge in [0.05, 0.1) is 25.2 Å². The highest BCUT2D eigenvalue weighted by atomic mass is 79.9. The van der Waals surface area contributed by atoms with Gasteiger partial charge in [0, 0.05) is 10.0 Å². The zero-order chi connectivity index (χ0) is 15.0. The third kappa shape index (κ3) is 2.89. The summed E-state index contributed by atoms with van der Waals surface area (Å²) in [6.45, 7) is 3.49. The minimum Gasteiger partial charge on any atom is -0.496 e. The van der Waals surface area contributed by atoms with Crippen molar-refractivity contribution >= 4 is 31.9 Å². The highest BCUT2D eigenvalue weighted by molar-refractivity contribution is 9.10. The Hall–Kier alpha value is -0.840. The van der Waals surface area contributed by atoms with Crippen LogP contribution in [0.2, 0.25) is 0 Å². The summed E-state index contributed by atoms with van der Waals surface area (Å²) in [6.07, 6.45) is 0. The molecule has 0 fully saturated rings. The molecule has 2 nitrogen and oxygen atoms in total. The summed E-state index contributed by atoms with van der Waals surface area (Å²) in [7, 11) is 1.71. The third-order valence-corrected chi connectivity index (χ3v) is 5.70. The summed E-state index contributed by atoms with van der Waals surface area (Å²) in [5, 5.41) is 0. The summed E-state index contributed by atoms with van der Waals surface area (Å²) in [5.41, 5.74) is 6.07. The van der Waals surface area contributed by atoms with Crippen LogP contribution in [-0.4, -0.2) is 7.11 Å². The lowest BCUT2D eigenvalue weighted by Gasteiger charge is -2.17. The first-order chi connectivity index (χ1) is 10.1. The van der Waals surface area contributed by atoms with E-state index in [9.17, 15) is 0 Å². The van der Waals surface area contributed by atoms with E-state index in [1.54, 1.807) is 7.11 Å². The van der Waals surface area contributed by atoms with Crippen LogP contribution in [0.1, 0.15) is 32.6 Å². The van der Waals surface area contributed by atoms with Crippen LogP contribution in [0, 0.1) is 6.92 Å². The first-order valence-electron chi connectivity index (χ1n) is 6.77. The average Bonchev–Trinajstić information content (AvgIpc) is 2.96. The molecule has 2 aromatic carbocycles. The molecule has 110 valence electrons. The fourth-order valence-corrected chi connectivity index (χ4v) is 3.58. The molecule has 0 aromatic heterocycles. The molecule has 0 saturated carbocycles. The van der Waals surface area contributed by atoms with E-state index < -0.39 is 0 Å². The number of methoxy groups -OCH3 is 1. The van der Waals surface area contributed by atoms with Crippen LogP contribution >= 0.6 is 31.9 Å². The van der Waals surface area contributed by atoms with Gasteiger partial charge in [0.1, 0.15) is 5.75 Å². The van der Waals surface area contributed by atoms with Gasteiger partial charge < -0.3 is 9.47 Å². The number of hydrogen-bond donors (Lipinski definition) is 0. The molecule has 0 spiro atoms. The van der Waals surface area contributed by atoms with Crippen LogP contribution in [0.5, 0.6) is 5.75 Å². The fraction of sp³-hybridized carbons (Fsp3) is 0.294. The second-order valence-corrected chi connectivity index (χ2v) is 7.00. The van der Waals surface area contributed by atoms with Crippen molar-refractivity contribution in [1.82, 2.24) is 0 Å². The normalized spacial score (nSPS) is 14.9. The standard InChI is InChI=1S/C17H16Br2O2/c1-10-5-16(20-2)14(7-15(10)18)17(19)11-3-4-12-8-21-9-13(12)6-11/h3-7,17H,8-9H2,1-2H3. The van der Waals surface area contributed by atoms with Gasteiger partial charge in [-0.25, -0.2) is 0 Å². The van der Waals surface area contributed by atoms with Crippen molar-refractivity contribution in [2.45, 2.75) is 25.0 Å². The van der Waals surface area contributed by atoms with Crippen molar-refractivity contribution in [2.24, 2.45) is 0 Å². The van der Waals surface area contributed by atoms with Crippen LogP contribution in [0.15, 0.2) is 34.8 Å². The number of benzene rings is 2. The molecule has 0 N–H and O–H groups in total. The number of ether oxygens (including phenoxy) is 2. The molecule has 2 aromatic rings. The van der Waals surface area contributed by atoms with Gasteiger partial charge in [-0.05, 0) is 41.3 Å². The maximum atomic E-state index is 5.54. The Balaban J connectivity index is 2.02. The van der Waals surface area contributed by atoms with Crippen molar-refractivity contribution in [3.63, 3.8) is 0 Å². The van der Waals surface area contributed by atoms with Gasteiger partial charge in [-0.15, -0.1) is 0 Å². The first-order valence-corrected chi connectivity index (χ1v) is 8.48. The number of hydrogen-bond acceptors (Lipinski definition) is 2.